The second-order valence-corrected chi connectivity index (χ2v) is 7.46. The molecular formula is C19H32N2O3. The third kappa shape index (κ3) is 5.89. The van der Waals surface area contributed by atoms with Gasteiger partial charge in [0.2, 0.25) is 0 Å². The van der Waals surface area contributed by atoms with Crippen molar-refractivity contribution in [3.63, 3.8) is 0 Å². The third-order valence-electron chi connectivity index (χ3n) is 3.94. The van der Waals surface area contributed by atoms with Gasteiger partial charge in [-0.25, -0.2) is 4.79 Å². The molecule has 0 heterocycles. The molecule has 3 unspecified atom stereocenters. The SMILES string of the molecule is CCCCC(N)C(O)C(N)(Cc1ccccc1)C(=O)OC(C)(C)C. The van der Waals surface area contributed by atoms with Crippen molar-refractivity contribution in [1.82, 2.24) is 0 Å². The summed E-state index contributed by atoms with van der Waals surface area (Å²) in [5.74, 6) is -0.627. The molecule has 136 valence electrons. The molecule has 0 aromatic heterocycles. The highest BCUT2D eigenvalue weighted by molar-refractivity contribution is 5.82. The molecule has 1 aromatic rings. The quantitative estimate of drug-likeness (QED) is 0.632. The van der Waals surface area contributed by atoms with E-state index in [-0.39, 0.29) is 6.42 Å². The first-order valence-corrected chi connectivity index (χ1v) is 8.60. The normalized spacial score (nSPS) is 17.0. The number of nitrogens with two attached hydrogens (primary N) is 2. The number of esters is 1. The van der Waals surface area contributed by atoms with Gasteiger partial charge in [-0.2, -0.15) is 0 Å². The Kier molecular flexibility index (Phi) is 7.39. The van der Waals surface area contributed by atoms with Gasteiger partial charge in [0.1, 0.15) is 11.1 Å². The summed E-state index contributed by atoms with van der Waals surface area (Å²) in [5.41, 5.74) is 11.1. The molecule has 0 aliphatic carbocycles. The van der Waals surface area contributed by atoms with Crippen LogP contribution in [0.4, 0.5) is 0 Å². The predicted molar refractivity (Wildman–Crippen MR) is 96.4 cm³/mol. The number of benzene rings is 1. The predicted octanol–water partition coefficient (Wildman–Crippen LogP) is 2.15. The van der Waals surface area contributed by atoms with Crippen LogP contribution in [0.2, 0.25) is 0 Å². The summed E-state index contributed by atoms with van der Waals surface area (Å²) in [6, 6.07) is 8.79. The minimum atomic E-state index is -1.58. The van der Waals surface area contributed by atoms with Crippen LogP contribution in [0, 0.1) is 0 Å². The molecule has 5 N–H and O–H groups in total. The van der Waals surface area contributed by atoms with Crippen molar-refractivity contribution in [1.29, 1.82) is 0 Å². The lowest BCUT2D eigenvalue weighted by Gasteiger charge is -2.37. The van der Waals surface area contributed by atoms with Crippen molar-refractivity contribution in [3.05, 3.63) is 35.9 Å². The van der Waals surface area contributed by atoms with Gasteiger partial charge in [0.05, 0.1) is 6.10 Å². The Hall–Kier alpha value is -1.43. The maximum Gasteiger partial charge on any atom is 0.329 e. The van der Waals surface area contributed by atoms with Gasteiger partial charge in [-0.15, -0.1) is 0 Å². The zero-order valence-corrected chi connectivity index (χ0v) is 15.3. The molecule has 1 aromatic carbocycles. The third-order valence-corrected chi connectivity index (χ3v) is 3.94. The van der Waals surface area contributed by atoms with E-state index in [2.05, 4.69) is 0 Å². The highest BCUT2D eigenvalue weighted by Crippen LogP contribution is 2.23. The van der Waals surface area contributed by atoms with E-state index in [1.54, 1.807) is 20.8 Å². The van der Waals surface area contributed by atoms with Crippen LogP contribution in [0.1, 0.15) is 52.5 Å². The lowest BCUT2D eigenvalue weighted by Crippen LogP contribution is -2.65. The first-order chi connectivity index (χ1) is 11.1. The largest absolute Gasteiger partial charge is 0.459 e. The lowest BCUT2D eigenvalue weighted by atomic mass is 9.81. The highest BCUT2D eigenvalue weighted by atomic mass is 16.6. The molecule has 5 nitrogen and oxygen atoms in total. The van der Waals surface area contributed by atoms with Crippen molar-refractivity contribution in [3.8, 4) is 0 Å². The Morgan fingerprint density at radius 3 is 2.33 bits per heavy atom. The average Bonchev–Trinajstić information content (AvgIpc) is 2.51. The first-order valence-electron chi connectivity index (χ1n) is 8.60. The first kappa shape index (κ1) is 20.6. The van der Waals surface area contributed by atoms with Gasteiger partial charge >= 0.3 is 5.97 Å². The average molecular weight is 336 g/mol. The summed E-state index contributed by atoms with van der Waals surface area (Å²) < 4.78 is 5.47. The minimum Gasteiger partial charge on any atom is -0.459 e. The summed E-state index contributed by atoms with van der Waals surface area (Å²) >= 11 is 0. The van der Waals surface area contributed by atoms with Gasteiger partial charge in [-0.05, 0) is 32.8 Å². The fourth-order valence-electron chi connectivity index (χ4n) is 2.58. The molecule has 0 saturated carbocycles. The Balaban J connectivity index is 3.07. The van der Waals surface area contributed by atoms with Gasteiger partial charge in [0, 0.05) is 12.5 Å². The summed E-state index contributed by atoms with van der Waals surface area (Å²) in [5, 5.41) is 10.7. The van der Waals surface area contributed by atoms with Crippen LogP contribution in [-0.2, 0) is 16.0 Å². The number of hydrogen-bond donors (Lipinski definition) is 3. The Morgan fingerprint density at radius 1 is 1.25 bits per heavy atom. The van der Waals surface area contributed by atoms with Crippen molar-refractivity contribution >= 4 is 5.97 Å². The van der Waals surface area contributed by atoms with Gasteiger partial charge in [-0.1, -0.05) is 50.1 Å². The van der Waals surface area contributed by atoms with E-state index in [0.29, 0.717) is 6.42 Å². The number of carbonyl (C=O) groups excluding carboxylic acids is 1. The van der Waals surface area contributed by atoms with Gasteiger partial charge < -0.3 is 21.3 Å². The molecule has 5 heteroatoms. The molecule has 0 amide bonds. The summed E-state index contributed by atoms with van der Waals surface area (Å²) in [4.78, 5) is 12.7. The second kappa shape index (κ2) is 8.60. The van der Waals surface area contributed by atoms with Crippen molar-refractivity contribution in [2.24, 2.45) is 11.5 Å². The van der Waals surface area contributed by atoms with Crippen LogP contribution < -0.4 is 11.5 Å². The van der Waals surface area contributed by atoms with E-state index >= 15 is 0 Å². The molecule has 0 aliphatic heterocycles. The Labute approximate surface area is 145 Å². The zero-order chi connectivity index (χ0) is 18.4. The van der Waals surface area contributed by atoms with E-state index in [1.807, 2.05) is 37.3 Å². The van der Waals surface area contributed by atoms with Crippen LogP contribution in [-0.4, -0.2) is 34.4 Å². The molecule has 0 bridgehead atoms. The summed E-state index contributed by atoms with van der Waals surface area (Å²) in [7, 11) is 0. The van der Waals surface area contributed by atoms with E-state index in [9.17, 15) is 9.90 Å². The van der Waals surface area contributed by atoms with Crippen molar-refractivity contribution in [2.75, 3.05) is 0 Å². The minimum absolute atomic E-state index is 0.170. The number of hydrogen-bond acceptors (Lipinski definition) is 5. The number of unbranched alkanes of at least 4 members (excludes halogenated alkanes) is 1. The molecule has 0 spiro atoms. The van der Waals surface area contributed by atoms with Gasteiger partial charge in [0.25, 0.3) is 0 Å². The molecule has 0 fully saturated rings. The van der Waals surface area contributed by atoms with Crippen LogP contribution in [0.5, 0.6) is 0 Å². The van der Waals surface area contributed by atoms with Crippen LogP contribution >= 0.6 is 0 Å². The fraction of sp³-hybridized carbons (Fsp3) is 0.632. The maximum atomic E-state index is 12.7. The molecule has 1 rings (SSSR count). The monoisotopic (exact) mass is 336 g/mol. The Morgan fingerprint density at radius 2 is 1.83 bits per heavy atom. The molecule has 0 saturated heterocycles. The second-order valence-electron chi connectivity index (χ2n) is 7.46. The number of carbonyl (C=O) groups is 1. The van der Waals surface area contributed by atoms with Gasteiger partial charge in [-0.3, -0.25) is 0 Å². The highest BCUT2D eigenvalue weighted by Gasteiger charge is 2.46. The standard InChI is InChI=1S/C19H32N2O3/c1-5-6-12-15(20)16(22)19(21,17(23)24-18(2,3)4)13-14-10-8-7-9-11-14/h7-11,15-16,22H,5-6,12-13,20-21H2,1-4H3. The van der Waals surface area contributed by atoms with E-state index in [4.69, 9.17) is 16.2 Å². The number of ether oxygens (including phenoxy) is 1. The van der Waals surface area contributed by atoms with Crippen LogP contribution in [0.15, 0.2) is 30.3 Å². The Bertz CT molecular complexity index is 513. The molecule has 0 aliphatic rings. The molecule has 24 heavy (non-hydrogen) atoms. The van der Waals surface area contributed by atoms with E-state index < -0.39 is 29.3 Å². The number of aliphatic hydroxyl groups excluding tert-OH is 1. The fourth-order valence-corrected chi connectivity index (χ4v) is 2.58. The van der Waals surface area contributed by atoms with E-state index in [0.717, 1.165) is 18.4 Å². The van der Waals surface area contributed by atoms with E-state index in [1.165, 1.54) is 0 Å². The number of aliphatic hydroxyl groups is 1. The zero-order valence-electron chi connectivity index (χ0n) is 15.3. The van der Waals surface area contributed by atoms with Gasteiger partial charge in [0.15, 0.2) is 0 Å². The van der Waals surface area contributed by atoms with Crippen LogP contribution in [0.3, 0.4) is 0 Å². The molecule has 3 atom stereocenters. The topological polar surface area (TPSA) is 98.6 Å². The smallest absolute Gasteiger partial charge is 0.329 e. The summed E-state index contributed by atoms with van der Waals surface area (Å²) in [6.45, 7) is 7.37. The van der Waals surface area contributed by atoms with Crippen LogP contribution in [0.25, 0.3) is 0 Å². The maximum absolute atomic E-state index is 12.7. The van der Waals surface area contributed by atoms with Crippen molar-refractivity contribution in [2.45, 2.75) is 76.7 Å². The van der Waals surface area contributed by atoms with Crippen molar-refractivity contribution < 1.29 is 14.6 Å². The summed E-state index contributed by atoms with van der Waals surface area (Å²) in [6.07, 6.45) is 1.42. The lowest BCUT2D eigenvalue weighted by molar-refractivity contribution is -0.167. The molecule has 0 radical (unpaired) electrons. The molecular weight excluding hydrogens is 304 g/mol. The number of rotatable bonds is 8.